The molecule has 8 nitrogen and oxygen atoms in total. The van der Waals surface area contributed by atoms with E-state index < -0.39 is 46.5 Å². The maximum Gasteiger partial charge on any atom is 0.341 e. The van der Waals surface area contributed by atoms with E-state index in [1.165, 1.54) is 19.2 Å². The van der Waals surface area contributed by atoms with Crippen LogP contribution in [0.5, 0.6) is 0 Å². The number of nitro benzene ring substituents is 1. The van der Waals surface area contributed by atoms with Gasteiger partial charge in [-0.15, -0.1) is 0 Å². The van der Waals surface area contributed by atoms with E-state index in [0.29, 0.717) is 6.07 Å². The number of benzene rings is 2. The zero-order chi connectivity index (χ0) is 20.1. The Morgan fingerprint density at radius 1 is 1.11 bits per heavy atom. The van der Waals surface area contributed by atoms with E-state index in [4.69, 9.17) is 4.74 Å². The summed E-state index contributed by atoms with van der Waals surface area (Å²) in [6.07, 6.45) is 0. The van der Waals surface area contributed by atoms with Crippen LogP contribution in [-0.2, 0) is 9.53 Å². The molecule has 2 N–H and O–H groups in total. The Bertz CT molecular complexity index is 920. The van der Waals surface area contributed by atoms with Gasteiger partial charge in [-0.05, 0) is 18.2 Å². The van der Waals surface area contributed by atoms with E-state index in [9.17, 15) is 32.9 Å². The Morgan fingerprint density at radius 2 is 1.78 bits per heavy atom. The minimum absolute atomic E-state index is 0.196. The minimum Gasteiger partial charge on any atom is -0.452 e. The SMILES string of the molecule is CNc1ccc([N+](=O)[O-])cc1C(=O)OCC(=O)Nc1ccc(F)c(F)c1F. The molecule has 2 rings (SSSR count). The number of ether oxygens (including phenoxy) is 1. The van der Waals surface area contributed by atoms with Crippen LogP contribution in [0.3, 0.4) is 0 Å². The van der Waals surface area contributed by atoms with E-state index in [1.807, 2.05) is 5.32 Å². The van der Waals surface area contributed by atoms with Crippen LogP contribution in [0.15, 0.2) is 30.3 Å². The summed E-state index contributed by atoms with van der Waals surface area (Å²) >= 11 is 0. The molecule has 0 aromatic heterocycles. The predicted octanol–water partition coefficient (Wildman–Crippen LogP) is 2.85. The number of carbonyl (C=O) groups is 2. The van der Waals surface area contributed by atoms with Crippen molar-refractivity contribution in [3.8, 4) is 0 Å². The second-order valence-electron chi connectivity index (χ2n) is 5.08. The van der Waals surface area contributed by atoms with E-state index >= 15 is 0 Å². The summed E-state index contributed by atoms with van der Waals surface area (Å²) < 4.78 is 44.2. The van der Waals surface area contributed by atoms with Crippen molar-refractivity contribution < 1.29 is 32.4 Å². The second-order valence-corrected chi connectivity index (χ2v) is 5.08. The van der Waals surface area contributed by atoms with Crippen molar-refractivity contribution in [1.82, 2.24) is 0 Å². The normalized spacial score (nSPS) is 10.2. The monoisotopic (exact) mass is 383 g/mol. The third kappa shape index (κ3) is 4.51. The highest BCUT2D eigenvalue weighted by atomic mass is 19.2. The van der Waals surface area contributed by atoms with Crippen LogP contribution in [0.1, 0.15) is 10.4 Å². The Labute approximate surface area is 150 Å². The third-order valence-corrected chi connectivity index (χ3v) is 3.35. The van der Waals surface area contributed by atoms with Gasteiger partial charge < -0.3 is 15.4 Å². The van der Waals surface area contributed by atoms with Crippen LogP contribution in [0.25, 0.3) is 0 Å². The molecule has 0 unspecified atom stereocenters. The first kappa shape index (κ1) is 19.7. The maximum absolute atomic E-state index is 13.5. The summed E-state index contributed by atoms with van der Waals surface area (Å²) in [5.41, 5.74) is -0.980. The Kier molecular flexibility index (Phi) is 5.96. The van der Waals surface area contributed by atoms with E-state index in [1.54, 1.807) is 0 Å². The van der Waals surface area contributed by atoms with Gasteiger partial charge in [-0.25, -0.2) is 18.0 Å². The molecule has 0 bridgehead atoms. The van der Waals surface area contributed by atoms with Gasteiger partial charge in [0.25, 0.3) is 11.6 Å². The Morgan fingerprint density at radius 3 is 2.41 bits per heavy atom. The van der Waals surface area contributed by atoms with Gasteiger partial charge >= 0.3 is 5.97 Å². The molecule has 0 fully saturated rings. The van der Waals surface area contributed by atoms with Crippen molar-refractivity contribution in [3.63, 3.8) is 0 Å². The molecule has 1 amide bonds. The fraction of sp³-hybridized carbons (Fsp3) is 0.125. The fourth-order valence-electron chi connectivity index (χ4n) is 2.05. The van der Waals surface area contributed by atoms with Crippen molar-refractivity contribution in [2.24, 2.45) is 0 Å². The number of non-ortho nitro benzene ring substituents is 1. The molecule has 0 spiro atoms. The van der Waals surface area contributed by atoms with Gasteiger partial charge in [-0.1, -0.05) is 0 Å². The molecule has 0 aliphatic heterocycles. The molecule has 0 aliphatic rings. The van der Waals surface area contributed by atoms with E-state index in [2.05, 4.69) is 5.32 Å². The summed E-state index contributed by atoms with van der Waals surface area (Å²) in [7, 11) is 1.47. The number of carbonyl (C=O) groups excluding carboxylic acids is 2. The molecule has 0 heterocycles. The number of esters is 1. The number of anilines is 2. The molecule has 2 aromatic carbocycles. The Hall–Kier alpha value is -3.63. The standard InChI is InChI=1S/C16H12F3N3O5/c1-20-11-4-2-8(22(25)26)6-9(11)16(24)27-7-13(23)21-12-5-3-10(17)14(18)15(12)19/h2-6,20H,7H2,1H3,(H,21,23). The van der Waals surface area contributed by atoms with Crippen molar-refractivity contribution in [2.45, 2.75) is 0 Å². The average Bonchev–Trinajstić information content (AvgIpc) is 2.65. The molecular weight excluding hydrogens is 371 g/mol. The summed E-state index contributed by atoms with van der Waals surface area (Å²) in [6, 6.07) is 4.82. The van der Waals surface area contributed by atoms with Crippen molar-refractivity contribution in [3.05, 3.63) is 63.5 Å². The molecule has 0 saturated carbocycles. The summed E-state index contributed by atoms with van der Waals surface area (Å²) in [4.78, 5) is 33.9. The molecule has 0 atom stereocenters. The summed E-state index contributed by atoms with van der Waals surface area (Å²) in [5.74, 6) is -6.87. The summed E-state index contributed by atoms with van der Waals surface area (Å²) in [6.45, 7) is -0.886. The number of nitrogens with one attached hydrogen (secondary N) is 2. The lowest BCUT2D eigenvalue weighted by Crippen LogP contribution is -2.22. The van der Waals surface area contributed by atoms with Gasteiger partial charge in [0, 0.05) is 24.9 Å². The minimum atomic E-state index is -1.76. The van der Waals surface area contributed by atoms with Crippen molar-refractivity contribution >= 4 is 28.9 Å². The first-order valence-electron chi connectivity index (χ1n) is 7.31. The number of rotatable bonds is 6. The van der Waals surface area contributed by atoms with Crippen LogP contribution in [-0.4, -0.2) is 30.5 Å². The fourth-order valence-corrected chi connectivity index (χ4v) is 2.05. The van der Waals surface area contributed by atoms with Crippen LogP contribution in [0.2, 0.25) is 0 Å². The summed E-state index contributed by atoms with van der Waals surface area (Å²) in [5, 5.41) is 15.4. The largest absolute Gasteiger partial charge is 0.452 e. The first-order chi connectivity index (χ1) is 12.7. The van der Waals surface area contributed by atoms with Crippen molar-refractivity contribution in [2.75, 3.05) is 24.3 Å². The first-order valence-corrected chi connectivity index (χ1v) is 7.31. The van der Waals surface area contributed by atoms with E-state index in [-0.39, 0.29) is 16.9 Å². The molecule has 27 heavy (non-hydrogen) atoms. The van der Waals surface area contributed by atoms with Crippen LogP contribution < -0.4 is 10.6 Å². The van der Waals surface area contributed by atoms with Crippen molar-refractivity contribution in [1.29, 1.82) is 0 Å². The second kappa shape index (κ2) is 8.17. The quantitative estimate of drug-likeness (QED) is 0.344. The van der Waals surface area contributed by atoms with Gasteiger partial charge in [0.15, 0.2) is 24.1 Å². The lowest BCUT2D eigenvalue weighted by atomic mass is 10.1. The molecule has 11 heteroatoms. The highest BCUT2D eigenvalue weighted by molar-refractivity contribution is 5.99. The highest BCUT2D eigenvalue weighted by Crippen LogP contribution is 2.23. The van der Waals surface area contributed by atoms with Gasteiger partial charge in [-0.2, -0.15) is 0 Å². The van der Waals surface area contributed by atoms with Gasteiger partial charge in [0.05, 0.1) is 16.2 Å². The third-order valence-electron chi connectivity index (χ3n) is 3.35. The zero-order valence-electron chi connectivity index (χ0n) is 13.7. The van der Waals surface area contributed by atoms with Gasteiger partial charge in [0.2, 0.25) is 0 Å². The van der Waals surface area contributed by atoms with E-state index in [0.717, 1.165) is 12.1 Å². The van der Waals surface area contributed by atoms with Crippen LogP contribution >= 0.6 is 0 Å². The number of nitro groups is 1. The molecule has 0 saturated heterocycles. The van der Waals surface area contributed by atoms with Gasteiger partial charge in [-0.3, -0.25) is 14.9 Å². The number of amides is 1. The highest BCUT2D eigenvalue weighted by Gasteiger charge is 2.20. The number of hydrogen-bond donors (Lipinski definition) is 2. The van der Waals surface area contributed by atoms with Gasteiger partial charge in [0.1, 0.15) is 0 Å². The topological polar surface area (TPSA) is 111 Å². The zero-order valence-corrected chi connectivity index (χ0v) is 13.7. The molecule has 0 aliphatic carbocycles. The molecule has 0 radical (unpaired) electrons. The molecule has 2 aromatic rings. The average molecular weight is 383 g/mol. The van der Waals surface area contributed by atoms with Crippen LogP contribution in [0.4, 0.5) is 30.2 Å². The predicted molar refractivity (Wildman–Crippen MR) is 87.9 cm³/mol. The number of halogens is 3. The lowest BCUT2D eigenvalue weighted by molar-refractivity contribution is -0.384. The maximum atomic E-state index is 13.5. The number of hydrogen-bond acceptors (Lipinski definition) is 6. The van der Waals surface area contributed by atoms with Crippen LogP contribution in [0, 0.1) is 27.6 Å². The smallest absolute Gasteiger partial charge is 0.341 e. The Balaban J connectivity index is 2.07. The number of nitrogens with zero attached hydrogens (tertiary/aromatic N) is 1. The lowest BCUT2D eigenvalue weighted by Gasteiger charge is -2.10. The molecular formula is C16H12F3N3O5. The molecule has 142 valence electrons.